The Hall–Kier alpha value is -1.42. The molecule has 0 aliphatic heterocycles. The quantitative estimate of drug-likeness (QED) is 0.819. The van der Waals surface area contributed by atoms with Crippen LogP contribution < -0.4 is 5.32 Å². The Morgan fingerprint density at radius 2 is 2.16 bits per heavy atom. The smallest absolute Gasteiger partial charge is 0.234 e. The highest BCUT2D eigenvalue weighted by Crippen LogP contribution is 2.09. The first-order valence-electron chi connectivity index (χ1n) is 6.94. The van der Waals surface area contributed by atoms with E-state index < -0.39 is 0 Å². The van der Waals surface area contributed by atoms with Gasteiger partial charge in [-0.25, -0.2) is 0 Å². The molecule has 1 aromatic heterocycles. The normalized spacial score (nSPS) is 12.7. The lowest BCUT2D eigenvalue weighted by molar-refractivity contribution is -0.123. The first-order chi connectivity index (χ1) is 9.04. The molecule has 0 radical (unpaired) electrons. The van der Waals surface area contributed by atoms with Crippen LogP contribution in [0.2, 0.25) is 0 Å². The molecule has 1 aromatic rings. The highest BCUT2D eigenvalue weighted by molar-refractivity contribution is 5.78. The molecule has 0 fully saturated rings. The fraction of sp³-hybridized carbons (Fsp3) is 0.600. The zero-order chi connectivity index (χ0) is 14.3. The van der Waals surface area contributed by atoms with Crippen molar-refractivity contribution in [1.29, 1.82) is 0 Å². The summed E-state index contributed by atoms with van der Waals surface area (Å²) in [7, 11) is 0. The van der Waals surface area contributed by atoms with Crippen molar-refractivity contribution in [3.05, 3.63) is 30.1 Å². The average molecular weight is 263 g/mol. The van der Waals surface area contributed by atoms with E-state index in [-0.39, 0.29) is 5.91 Å². The van der Waals surface area contributed by atoms with Gasteiger partial charge < -0.3 is 5.32 Å². The summed E-state index contributed by atoms with van der Waals surface area (Å²) in [5.41, 5.74) is 1.02. The van der Waals surface area contributed by atoms with Crippen LogP contribution in [-0.4, -0.2) is 34.9 Å². The third-order valence-corrected chi connectivity index (χ3v) is 3.51. The third-order valence-electron chi connectivity index (χ3n) is 3.51. The third kappa shape index (κ3) is 5.39. The van der Waals surface area contributed by atoms with E-state index in [1.165, 1.54) is 0 Å². The molecule has 4 nitrogen and oxygen atoms in total. The molecule has 0 saturated carbocycles. The van der Waals surface area contributed by atoms with E-state index in [4.69, 9.17) is 0 Å². The molecule has 0 aliphatic rings. The van der Waals surface area contributed by atoms with Crippen LogP contribution in [-0.2, 0) is 11.3 Å². The van der Waals surface area contributed by atoms with Crippen molar-refractivity contribution >= 4 is 5.91 Å². The van der Waals surface area contributed by atoms with E-state index in [1.54, 1.807) is 12.4 Å². The van der Waals surface area contributed by atoms with Crippen molar-refractivity contribution < 1.29 is 4.79 Å². The summed E-state index contributed by atoms with van der Waals surface area (Å²) in [6.07, 6.45) is 3.50. The van der Waals surface area contributed by atoms with E-state index in [0.717, 1.165) is 12.1 Å². The van der Waals surface area contributed by atoms with Crippen molar-refractivity contribution in [2.24, 2.45) is 5.92 Å². The molecule has 1 heterocycles. The minimum Gasteiger partial charge on any atom is -0.351 e. The monoisotopic (exact) mass is 263 g/mol. The predicted octanol–water partition coefficient (Wildman–Crippen LogP) is 2.06. The molecule has 0 saturated heterocycles. The summed E-state index contributed by atoms with van der Waals surface area (Å²) in [5.74, 6) is 0.615. The molecule has 1 amide bonds. The van der Waals surface area contributed by atoms with Gasteiger partial charge in [-0.3, -0.25) is 14.7 Å². The minimum atomic E-state index is 0.0678. The predicted molar refractivity (Wildman–Crippen MR) is 77.6 cm³/mol. The van der Waals surface area contributed by atoms with Crippen LogP contribution in [0.15, 0.2) is 24.5 Å². The highest BCUT2D eigenvalue weighted by Gasteiger charge is 2.17. The fourth-order valence-electron chi connectivity index (χ4n) is 1.91. The largest absolute Gasteiger partial charge is 0.351 e. The van der Waals surface area contributed by atoms with Crippen LogP contribution in [0.3, 0.4) is 0 Å². The Morgan fingerprint density at radius 3 is 2.68 bits per heavy atom. The summed E-state index contributed by atoms with van der Waals surface area (Å²) < 4.78 is 0. The van der Waals surface area contributed by atoms with Gasteiger partial charge in [0.05, 0.1) is 6.54 Å². The second kappa shape index (κ2) is 7.89. The topological polar surface area (TPSA) is 45.2 Å². The number of pyridine rings is 1. The first kappa shape index (κ1) is 15.6. The Balaban J connectivity index is 2.41. The van der Waals surface area contributed by atoms with Gasteiger partial charge in [0.2, 0.25) is 5.91 Å². The molecule has 1 rings (SSSR count). The molecule has 106 valence electrons. The van der Waals surface area contributed by atoms with Crippen LogP contribution >= 0.6 is 0 Å². The van der Waals surface area contributed by atoms with Gasteiger partial charge in [-0.1, -0.05) is 26.8 Å². The van der Waals surface area contributed by atoms with Crippen molar-refractivity contribution in [3.8, 4) is 0 Å². The van der Waals surface area contributed by atoms with Gasteiger partial charge in [-0.05, 0) is 31.0 Å². The summed E-state index contributed by atoms with van der Waals surface area (Å²) >= 11 is 0. The standard InChI is InChI=1S/C15H25N3O/c1-5-18(13(4)12(2)3)11-15(19)17-10-14-7-6-8-16-9-14/h6-9,12-13H,5,10-11H2,1-4H3,(H,17,19). The lowest BCUT2D eigenvalue weighted by Gasteiger charge is -2.30. The maximum Gasteiger partial charge on any atom is 0.234 e. The Bertz CT molecular complexity index is 378. The van der Waals surface area contributed by atoms with Crippen molar-refractivity contribution in [2.45, 2.75) is 40.3 Å². The zero-order valence-electron chi connectivity index (χ0n) is 12.4. The number of amides is 1. The van der Waals surface area contributed by atoms with E-state index in [9.17, 15) is 4.79 Å². The first-order valence-corrected chi connectivity index (χ1v) is 6.94. The Morgan fingerprint density at radius 1 is 1.42 bits per heavy atom. The summed E-state index contributed by atoms with van der Waals surface area (Å²) in [5, 5.41) is 2.94. The fourth-order valence-corrected chi connectivity index (χ4v) is 1.91. The lowest BCUT2D eigenvalue weighted by Crippen LogP contribution is -2.43. The SMILES string of the molecule is CCN(CC(=O)NCc1cccnc1)C(C)C(C)C. The van der Waals surface area contributed by atoms with E-state index >= 15 is 0 Å². The van der Waals surface area contributed by atoms with Gasteiger partial charge in [0.25, 0.3) is 0 Å². The summed E-state index contributed by atoms with van der Waals surface area (Å²) in [6.45, 7) is 10.5. The van der Waals surface area contributed by atoms with Crippen LogP contribution in [0.25, 0.3) is 0 Å². The van der Waals surface area contributed by atoms with E-state index in [1.807, 2.05) is 12.1 Å². The van der Waals surface area contributed by atoms with Crippen molar-refractivity contribution in [1.82, 2.24) is 15.2 Å². The number of hydrogen-bond donors (Lipinski definition) is 1. The molecule has 1 atom stereocenters. The maximum absolute atomic E-state index is 11.9. The molecular weight excluding hydrogens is 238 g/mol. The highest BCUT2D eigenvalue weighted by atomic mass is 16.2. The molecule has 1 N–H and O–H groups in total. The lowest BCUT2D eigenvalue weighted by atomic mass is 10.0. The molecule has 0 bridgehead atoms. The Kier molecular flexibility index (Phi) is 6.50. The van der Waals surface area contributed by atoms with Gasteiger partial charge in [0.15, 0.2) is 0 Å². The van der Waals surface area contributed by atoms with Gasteiger partial charge in [-0.15, -0.1) is 0 Å². The second-order valence-corrected chi connectivity index (χ2v) is 5.19. The number of hydrogen-bond acceptors (Lipinski definition) is 3. The molecular formula is C15H25N3O. The molecule has 1 unspecified atom stereocenters. The summed E-state index contributed by atoms with van der Waals surface area (Å²) in [4.78, 5) is 18.2. The summed E-state index contributed by atoms with van der Waals surface area (Å²) in [6, 6.07) is 4.25. The van der Waals surface area contributed by atoms with Gasteiger partial charge in [0, 0.05) is 25.0 Å². The van der Waals surface area contributed by atoms with E-state index in [0.29, 0.717) is 25.0 Å². The van der Waals surface area contributed by atoms with Crippen LogP contribution in [0.5, 0.6) is 0 Å². The molecule has 0 aromatic carbocycles. The number of aromatic nitrogens is 1. The number of carbonyl (C=O) groups is 1. The van der Waals surface area contributed by atoms with Crippen LogP contribution in [0, 0.1) is 5.92 Å². The average Bonchev–Trinajstić information content (AvgIpc) is 2.42. The van der Waals surface area contributed by atoms with Crippen LogP contribution in [0.1, 0.15) is 33.3 Å². The molecule has 4 heteroatoms. The number of carbonyl (C=O) groups excluding carboxylic acids is 1. The van der Waals surface area contributed by atoms with Gasteiger partial charge in [0.1, 0.15) is 0 Å². The van der Waals surface area contributed by atoms with Crippen molar-refractivity contribution in [3.63, 3.8) is 0 Å². The minimum absolute atomic E-state index is 0.0678. The zero-order valence-corrected chi connectivity index (χ0v) is 12.4. The number of likely N-dealkylation sites (N-methyl/N-ethyl adjacent to an activating group) is 1. The number of nitrogens with zero attached hydrogens (tertiary/aromatic N) is 2. The molecule has 0 spiro atoms. The van der Waals surface area contributed by atoms with Gasteiger partial charge >= 0.3 is 0 Å². The van der Waals surface area contributed by atoms with Gasteiger partial charge in [-0.2, -0.15) is 0 Å². The van der Waals surface area contributed by atoms with Crippen LogP contribution in [0.4, 0.5) is 0 Å². The molecule has 0 aliphatic carbocycles. The Labute approximate surface area is 116 Å². The number of rotatable bonds is 7. The number of nitrogens with one attached hydrogen (secondary N) is 1. The maximum atomic E-state index is 11.9. The molecule has 19 heavy (non-hydrogen) atoms. The second-order valence-electron chi connectivity index (χ2n) is 5.19. The van der Waals surface area contributed by atoms with Crippen molar-refractivity contribution in [2.75, 3.05) is 13.1 Å². The van der Waals surface area contributed by atoms with E-state index in [2.05, 4.69) is 42.9 Å².